The van der Waals surface area contributed by atoms with E-state index in [2.05, 4.69) is 4.98 Å². The molecule has 6 nitrogen and oxygen atoms in total. The molecule has 128 valence electrons. The van der Waals surface area contributed by atoms with Crippen molar-refractivity contribution in [2.24, 2.45) is 0 Å². The standard InChI is InChI=1S/C16H18N2O4S2/c19-16(22-13-6-5-7-17-11-13)15-10-14(12-23-15)24(20,21)18-8-3-1-2-4-9-18/h5-7,10-12H,1-4,8-9H2. The fourth-order valence-corrected chi connectivity index (χ4v) is 5.21. The van der Waals surface area contributed by atoms with Gasteiger partial charge in [0.1, 0.15) is 10.6 Å². The van der Waals surface area contributed by atoms with Gasteiger partial charge >= 0.3 is 5.97 Å². The SMILES string of the molecule is O=C(Oc1cccnc1)c1cc(S(=O)(=O)N2CCCCCC2)cs1. The molecule has 0 N–H and O–H groups in total. The first kappa shape index (κ1) is 17.1. The normalized spacial score (nSPS) is 16.5. The van der Waals surface area contributed by atoms with Gasteiger partial charge in [0.15, 0.2) is 0 Å². The predicted molar refractivity (Wildman–Crippen MR) is 90.7 cm³/mol. The summed E-state index contributed by atoms with van der Waals surface area (Å²) in [6.07, 6.45) is 6.87. The molecular weight excluding hydrogens is 348 g/mol. The summed E-state index contributed by atoms with van der Waals surface area (Å²) in [6.45, 7) is 1.07. The number of ether oxygens (including phenoxy) is 1. The molecular formula is C16H18N2O4S2. The molecule has 0 spiro atoms. The number of sulfonamides is 1. The van der Waals surface area contributed by atoms with Crippen LogP contribution in [0.4, 0.5) is 0 Å². The van der Waals surface area contributed by atoms with Crippen molar-refractivity contribution in [1.82, 2.24) is 9.29 Å². The summed E-state index contributed by atoms with van der Waals surface area (Å²) in [7, 11) is -3.55. The Labute approximate surface area is 145 Å². The summed E-state index contributed by atoms with van der Waals surface area (Å²) < 4.78 is 32.1. The predicted octanol–water partition coefficient (Wildman–Crippen LogP) is 2.93. The molecule has 24 heavy (non-hydrogen) atoms. The fourth-order valence-electron chi connectivity index (χ4n) is 2.56. The van der Waals surface area contributed by atoms with Crippen LogP contribution in [0.3, 0.4) is 0 Å². The summed E-state index contributed by atoms with van der Waals surface area (Å²) in [4.78, 5) is 16.4. The van der Waals surface area contributed by atoms with Crippen molar-refractivity contribution in [2.75, 3.05) is 13.1 Å². The van der Waals surface area contributed by atoms with Gasteiger partial charge in [-0.15, -0.1) is 11.3 Å². The molecule has 0 amide bonds. The quantitative estimate of drug-likeness (QED) is 0.778. The third-order valence-corrected chi connectivity index (χ3v) is 6.76. The summed E-state index contributed by atoms with van der Waals surface area (Å²) in [5.41, 5.74) is 0. The van der Waals surface area contributed by atoms with E-state index in [-0.39, 0.29) is 9.77 Å². The molecule has 0 atom stereocenters. The van der Waals surface area contributed by atoms with Gasteiger partial charge in [0.2, 0.25) is 10.0 Å². The summed E-state index contributed by atoms with van der Waals surface area (Å²) >= 11 is 1.07. The smallest absolute Gasteiger partial charge is 0.353 e. The molecule has 0 bridgehead atoms. The molecule has 0 unspecified atom stereocenters. The van der Waals surface area contributed by atoms with Crippen LogP contribution in [0.25, 0.3) is 0 Å². The lowest BCUT2D eigenvalue weighted by Gasteiger charge is -2.18. The fraction of sp³-hybridized carbons (Fsp3) is 0.375. The van der Waals surface area contributed by atoms with Crippen molar-refractivity contribution in [2.45, 2.75) is 30.6 Å². The molecule has 3 heterocycles. The van der Waals surface area contributed by atoms with Gasteiger partial charge in [0.05, 0.1) is 11.1 Å². The third kappa shape index (κ3) is 3.82. The van der Waals surface area contributed by atoms with Crippen LogP contribution in [0, 0.1) is 0 Å². The minimum absolute atomic E-state index is 0.160. The van der Waals surface area contributed by atoms with Crippen molar-refractivity contribution >= 4 is 27.3 Å². The maximum Gasteiger partial charge on any atom is 0.353 e. The van der Waals surface area contributed by atoms with Gasteiger partial charge in [0, 0.05) is 24.7 Å². The van der Waals surface area contributed by atoms with E-state index in [1.165, 1.54) is 21.9 Å². The molecule has 1 saturated heterocycles. The number of thiophene rings is 1. The summed E-state index contributed by atoms with van der Waals surface area (Å²) in [5.74, 6) is -0.252. The first-order valence-corrected chi connectivity index (χ1v) is 10.1. The van der Waals surface area contributed by atoms with Gasteiger partial charge in [-0.25, -0.2) is 13.2 Å². The Balaban J connectivity index is 1.75. The molecule has 2 aromatic heterocycles. The minimum atomic E-state index is -3.55. The third-order valence-electron chi connectivity index (χ3n) is 3.82. The Morgan fingerprint density at radius 2 is 1.96 bits per heavy atom. The van der Waals surface area contributed by atoms with E-state index in [1.807, 2.05) is 0 Å². The lowest BCUT2D eigenvalue weighted by Crippen LogP contribution is -2.31. The molecule has 1 aliphatic heterocycles. The molecule has 0 radical (unpaired) electrons. The summed E-state index contributed by atoms with van der Waals surface area (Å²) in [5, 5.41) is 1.50. The number of carbonyl (C=O) groups is 1. The average Bonchev–Trinajstić information content (AvgIpc) is 2.92. The molecule has 0 aromatic carbocycles. The number of rotatable bonds is 4. The zero-order valence-corrected chi connectivity index (χ0v) is 14.7. The number of esters is 1. The Morgan fingerprint density at radius 3 is 2.62 bits per heavy atom. The van der Waals surface area contributed by atoms with Crippen LogP contribution in [0.5, 0.6) is 5.75 Å². The summed E-state index contributed by atoms with van der Waals surface area (Å²) in [6, 6.07) is 4.67. The lowest BCUT2D eigenvalue weighted by molar-refractivity contribution is 0.0739. The van der Waals surface area contributed by atoms with Gasteiger partial charge < -0.3 is 4.74 Å². The zero-order chi connectivity index (χ0) is 17.0. The zero-order valence-electron chi connectivity index (χ0n) is 13.1. The van der Waals surface area contributed by atoms with Gasteiger partial charge in [0.25, 0.3) is 0 Å². The van der Waals surface area contributed by atoms with E-state index < -0.39 is 16.0 Å². The number of carbonyl (C=O) groups excluding carboxylic acids is 1. The molecule has 0 saturated carbocycles. The highest BCUT2D eigenvalue weighted by Crippen LogP contribution is 2.25. The highest BCUT2D eigenvalue weighted by atomic mass is 32.2. The minimum Gasteiger partial charge on any atom is -0.421 e. The monoisotopic (exact) mass is 366 g/mol. The first-order chi connectivity index (χ1) is 11.6. The van der Waals surface area contributed by atoms with Crippen LogP contribution in [0.1, 0.15) is 35.4 Å². The second kappa shape index (κ2) is 7.42. The number of hydrogen-bond donors (Lipinski definition) is 0. The molecule has 3 rings (SSSR count). The second-order valence-electron chi connectivity index (χ2n) is 5.54. The Bertz CT molecular complexity index is 794. The van der Waals surface area contributed by atoms with E-state index in [9.17, 15) is 13.2 Å². The molecule has 2 aromatic rings. The van der Waals surface area contributed by atoms with Crippen molar-refractivity contribution in [3.8, 4) is 5.75 Å². The van der Waals surface area contributed by atoms with E-state index in [4.69, 9.17) is 4.74 Å². The van der Waals surface area contributed by atoms with Gasteiger partial charge in [-0.2, -0.15) is 4.31 Å². The number of pyridine rings is 1. The van der Waals surface area contributed by atoms with E-state index >= 15 is 0 Å². The highest BCUT2D eigenvalue weighted by Gasteiger charge is 2.27. The van der Waals surface area contributed by atoms with Crippen molar-refractivity contribution in [1.29, 1.82) is 0 Å². The number of aromatic nitrogens is 1. The molecule has 0 aliphatic carbocycles. The van der Waals surface area contributed by atoms with E-state index in [0.29, 0.717) is 18.8 Å². The first-order valence-electron chi connectivity index (χ1n) is 7.78. The molecule has 1 aliphatic rings. The maximum atomic E-state index is 12.7. The van der Waals surface area contributed by atoms with Gasteiger partial charge in [-0.05, 0) is 31.0 Å². The number of hydrogen-bond acceptors (Lipinski definition) is 6. The van der Waals surface area contributed by atoms with Crippen LogP contribution < -0.4 is 4.74 Å². The van der Waals surface area contributed by atoms with Gasteiger partial charge in [-0.3, -0.25) is 4.98 Å². The molecule has 1 fully saturated rings. The van der Waals surface area contributed by atoms with Crippen LogP contribution >= 0.6 is 11.3 Å². The Kier molecular flexibility index (Phi) is 5.27. The van der Waals surface area contributed by atoms with Crippen molar-refractivity contribution < 1.29 is 17.9 Å². The Hall–Kier alpha value is -1.77. The Morgan fingerprint density at radius 1 is 1.21 bits per heavy atom. The van der Waals surface area contributed by atoms with Crippen LogP contribution in [-0.2, 0) is 10.0 Å². The van der Waals surface area contributed by atoms with E-state index in [1.54, 1.807) is 18.3 Å². The van der Waals surface area contributed by atoms with Crippen LogP contribution in [-0.4, -0.2) is 36.8 Å². The van der Waals surface area contributed by atoms with Gasteiger partial charge in [-0.1, -0.05) is 12.8 Å². The van der Waals surface area contributed by atoms with Crippen molar-refractivity contribution in [3.05, 3.63) is 40.8 Å². The lowest BCUT2D eigenvalue weighted by atomic mass is 10.2. The largest absolute Gasteiger partial charge is 0.421 e. The topological polar surface area (TPSA) is 76.6 Å². The average molecular weight is 366 g/mol. The second-order valence-corrected chi connectivity index (χ2v) is 8.39. The van der Waals surface area contributed by atoms with E-state index in [0.717, 1.165) is 37.0 Å². The van der Waals surface area contributed by atoms with Crippen LogP contribution in [0.15, 0.2) is 40.9 Å². The van der Waals surface area contributed by atoms with Crippen molar-refractivity contribution in [3.63, 3.8) is 0 Å². The highest BCUT2D eigenvalue weighted by molar-refractivity contribution is 7.89. The maximum absolute atomic E-state index is 12.7. The van der Waals surface area contributed by atoms with Crippen LogP contribution in [0.2, 0.25) is 0 Å². The number of nitrogens with zero attached hydrogens (tertiary/aromatic N) is 2. The molecule has 8 heteroatoms.